The lowest BCUT2D eigenvalue weighted by molar-refractivity contribution is 0.0957. The van der Waals surface area contributed by atoms with Gasteiger partial charge in [0, 0.05) is 17.8 Å². The van der Waals surface area contributed by atoms with Crippen LogP contribution in [0.25, 0.3) is 0 Å². The molecule has 2 N–H and O–H groups in total. The number of amides is 1. The summed E-state index contributed by atoms with van der Waals surface area (Å²) >= 11 is 0. The summed E-state index contributed by atoms with van der Waals surface area (Å²) in [4.78, 5) is 12.4. The molecule has 5 atom stereocenters. The van der Waals surface area contributed by atoms with Gasteiger partial charge in [-0.05, 0) is 72.3 Å². The maximum absolute atomic E-state index is 12.4. The van der Waals surface area contributed by atoms with Gasteiger partial charge in [0.15, 0.2) is 0 Å². The zero-order chi connectivity index (χ0) is 18.4. The summed E-state index contributed by atoms with van der Waals surface area (Å²) in [6.45, 7) is 4.18. The first kappa shape index (κ1) is 16.6. The number of fused-ring (bicyclic) bond motifs is 7. The highest BCUT2D eigenvalue weighted by atomic mass is 16.1. The minimum absolute atomic E-state index is 0.0115. The summed E-state index contributed by atoms with van der Waals surface area (Å²) in [6.07, 6.45) is 5.74. The maximum atomic E-state index is 12.4. The van der Waals surface area contributed by atoms with E-state index in [1.165, 1.54) is 36.1 Å². The normalized spacial score (nSPS) is 30.1. The van der Waals surface area contributed by atoms with E-state index in [0.717, 1.165) is 17.4 Å². The van der Waals surface area contributed by atoms with Crippen molar-refractivity contribution >= 4 is 11.6 Å². The highest BCUT2D eigenvalue weighted by Crippen LogP contribution is 2.63. The van der Waals surface area contributed by atoms with Crippen LogP contribution in [-0.2, 0) is 0 Å². The molecular weight excluding hydrogens is 332 g/mol. The van der Waals surface area contributed by atoms with Gasteiger partial charge in [-0.3, -0.25) is 4.79 Å². The van der Waals surface area contributed by atoms with E-state index in [4.69, 9.17) is 0 Å². The van der Waals surface area contributed by atoms with Crippen molar-refractivity contribution in [1.29, 1.82) is 0 Å². The Morgan fingerprint density at radius 1 is 1.15 bits per heavy atom. The molecule has 3 nitrogen and oxygen atoms in total. The molecular formula is C24H26N2O. The summed E-state index contributed by atoms with van der Waals surface area (Å²) in [5, 5.41) is 6.74. The summed E-state index contributed by atoms with van der Waals surface area (Å²) < 4.78 is 0. The first-order valence-electron chi connectivity index (χ1n) is 10.1. The smallest absolute Gasteiger partial charge is 0.251 e. The predicted molar refractivity (Wildman–Crippen MR) is 109 cm³/mol. The van der Waals surface area contributed by atoms with Crippen LogP contribution in [-0.4, -0.2) is 12.5 Å². The van der Waals surface area contributed by atoms with Gasteiger partial charge in [0.2, 0.25) is 0 Å². The van der Waals surface area contributed by atoms with Gasteiger partial charge in [-0.1, -0.05) is 36.4 Å². The standard InChI is InChI=1S/C24H26N2O/c1-2-12-25-24(27)18-10-11-20-19(14-18)21-16-8-9-17(13-16)22(21)23(26-20)15-6-4-3-5-7-15/h2-7,10-11,14,16-17,21-23,26H,1,8-9,12-13H2,(H,25,27)/t16-,17-,21-,22+,23-/m0/s1. The fourth-order valence-corrected chi connectivity index (χ4v) is 5.88. The number of benzene rings is 2. The Bertz CT molecular complexity index is 875. The molecule has 2 fully saturated rings. The van der Waals surface area contributed by atoms with E-state index in [0.29, 0.717) is 24.4 Å². The van der Waals surface area contributed by atoms with Crippen LogP contribution in [0.1, 0.15) is 52.7 Å². The van der Waals surface area contributed by atoms with E-state index in [2.05, 4.69) is 59.7 Å². The average Bonchev–Trinajstić information content (AvgIpc) is 3.34. The molecule has 2 saturated carbocycles. The number of hydrogen-bond donors (Lipinski definition) is 2. The van der Waals surface area contributed by atoms with E-state index in [1.807, 2.05) is 6.07 Å². The lowest BCUT2D eigenvalue weighted by Crippen LogP contribution is -2.35. The van der Waals surface area contributed by atoms with Crippen molar-refractivity contribution < 1.29 is 4.79 Å². The lowest BCUT2D eigenvalue weighted by atomic mass is 9.68. The van der Waals surface area contributed by atoms with Crippen LogP contribution in [0.2, 0.25) is 0 Å². The Hall–Kier alpha value is -2.55. The zero-order valence-corrected chi connectivity index (χ0v) is 15.5. The molecule has 0 aromatic heterocycles. The van der Waals surface area contributed by atoms with Crippen LogP contribution in [0.4, 0.5) is 5.69 Å². The molecule has 0 unspecified atom stereocenters. The van der Waals surface area contributed by atoms with Crippen molar-refractivity contribution in [2.75, 3.05) is 11.9 Å². The minimum Gasteiger partial charge on any atom is -0.378 e. The van der Waals surface area contributed by atoms with Gasteiger partial charge < -0.3 is 10.6 Å². The second-order valence-electron chi connectivity index (χ2n) is 8.27. The van der Waals surface area contributed by atoms with Crippen LogP contribution < -0.4 is 10.6 Å². The van der Waals surface area contributed by atoms with Gasteiger partial charge in [-0.15, -0.1) is 6.58 Å². The number of hydrogen-bond acceptors (Lipinski definition) is 2. The molecule has 1 aliphatic heterocycles. The van der Waals surface area contributed by atoms with Crippen LogP contribution in [0.3, 0.4) is 0 Å². The molecule has 2 aliphatic carbocycles. The van der Waals surface area contributed by atoms with Crippen LogP contribution in [0, 0.1) is 17.8 Å². The van der Waals surface area contributed by atoms with Crippen LogP contribution >= 0.6 is 0 Å². The van der Waals surface area contributed by atoms with Crippen molar-refractivity contribution in [2.45, 2.75) is 31.2 Å². The zero-order valence-electron chi connectivity index (χ0n) is 15.5. The van der Waals surface area contributed by atoms with Crippen LogP contribution in [0.5, 0.6) is 0 Å². The fraction of sp³-hybridized carbons (Fsp3) is 0.375. The number of rotatable bonds is 4. The fourth-order valence-electron chi connectivity index (χ4n) is 5.88. The third-order valence-corrected chi connectivity index (χ3v) is 6.92. The first-order valence-corrected chi connectivity index (χ1v) is 10.1. The molecule has 3 aliphatic rings. The molecule has 2 aromatic carbocycles. The molecule has 0 saturated heterocycles. The quantitative estimate of drug-likeness (QED) is 0.763. The first-order chi connectivity index (χ1) is 13.3. The van der Waals surface area contributed by atoms with Crippen LogP contribution in [0.15, 0.2) is 61.2 Å². The Balaban J connectivity index is 1.54. The highest BCUT2D eigenvalue weighted by molar-refractivity contribution is 5.95. The number of carbonyl (C=O) groups is 1. The Kier molecular flexibility index (Phi) is 4.04. The molecule has 1 heterocycles. The Morgan fingerprint density at radius 2 is 1.96 bits per heavy atom. The Morgan fingerprint density at radius 3 is 2.78 bits per heavy atom. The van der Waals surface area contributed by atoms with E-state index in [9.17, 15) is 4.79 Å². The van der Waals surface area contributed by atoms with Crippen molar-refractivity contribution in [3.8, 4) is 0 Å². The van der Waals surface area contributed by atoms with Gasteiger partial charge in [0.1, 0.15) is 0 Å². The second-order valence-corrected chi connectivity index (χ2v) is 8.27. The van der Waals surface area contributed by atoms with Gasteiger partial charge in [0.25, 0.3) is 5.91 Å². The number of anilines is 1. The van der Waals surface area contributed by atoms with Gasteiger partial charge in [0.05, 0.1) is 6.04 Å². The van der Waals surface area contributed by atoms with Gasteiger partial charge in [-0.25, -0.2) is 0 Å². The topological polar surface area (TPSA) is 41.1 Å². The summed E-state index contributed by atoms with van der Waals surface area (Å²) in [5.74, 6) is 2.74. The van der Waals surface area contributed by atoms with E-state index >= 15 is 0 Å². The van der Waals surface area contributed by atoms with Crippen molar-refractivity contribution in [3.63, 3.8) is 0 Å². The van der Waals surface area contributed by atoms with E-state index < -0.39 is 0 Å². The van der Waals surface area contributed by atoms with Crippen molar-refractivity contribution in [1.82, 2.24) is 5.32 Å². The second kappa shape index (κ2) is 6.56. The van der Waals surface area contributed by atoms with Gasteiger partial charge in [-0.2, -0.15) is 0 Å². The monoisotopic (exact) mass is 358 g/mol. The maximum Gasteiger partial charge on any atom is 0.251 e. The molecule has 27 heavy (non-hydrogen) atoms. The molecule has 0 spiro atoms. The lowest BCUT2D eigenvalue weighted by Gasteiger charge is -2.43. The molecule has 0 radical (unpaired) electrons. The minimum atomic E-state index is -0.0115. The molecule has 3 heteroatoms. The third kappa shape index (κ3) is 2.68. The summed E-state index contributed by atoms with van der Waals surface area (Å²) in [6, 6.07) is 17.4. The van der Waals surface area contributed by atoms with Gasteiger partial charge >= 0.3 is 0 Å². The molecule has 5 rings (SSSR count). The van der Waals surface area contributed by atoms with E-state index in [1.54, 1.807) is 6.08 Å². The van der Waals surface area contributed by atoms with E-state index in [-0.39, 0.29) is 5.91 Å². The highest BCUT2D eigenvalue weighted by Gasteiger charge is 2.53. The van der Waals surface area contributed by atoms with Crippen molar-refractivity contribution in [2.24, 2.45) is 17.8 Å². The number of nitrogens with one attached hydrogen (secondary N) is 2. The third-order valence-electron chi connectivity index (χ3n) is 6.92. The van der Waals surface area contributed by atoms with Crippen molar-refractivity contribution in [3.05, 3.63) is 77.9 Å². The number of carbonyl (C=O) groups excluding carboxylic acids is 1. The average molecular weight is 358 g/mol. The molecule has 1 amide bonds. The largest absolute Gasteiger partial charge is 0.378 e. The molecule has 138 valence electrons. The summed E-state index contributed by atoms with van der Waals surface area (Å²) in [7, 11) is 0. The Labute approximate surface area is 160 Å². The molecule has 2 aromatic rings. The molecule has 2 bridgehead atoms. The predicted octanol–water partition coefficient (Wildman–Crippen LogP) is 4.90. The SMILES string of the molecule is C=CCNC(=O)c1ccc2c(c1)[C@@H]1[C@H]3CC[C@@H](C3)[C@H]1[C@H](c1ccccc1)N2. The summed E-state index contributed by atoms with van der Waals surface area (Å²) in [5.41, 5.74) is 4.71.